The van der Waals surface area contributed by atoms with Crippen molar-refractivity contribution in [2.45, 2.75) is 12.8 Å². The molecule has 8 heteroatoms. The number of H-pyrrole nitrogens is 1. The highest BCUT2D eigenvalue weighted by Gasteiger charge is 2.14. The molecule has 0 saturated heterocycles. The summed E-state index contributed by atoms with van der Waals surface area (Å²) in [5, 5.41) is 8.85. The molecule has 0 fully saturated rings. The number of aromatic amines is 1. The molecule has 0 bridgehead atoms. The highest BCUT2D eigenvalue weighted by Crippen LogP contribution is 2.38. The third-order valence-electron chi connectivity index (χ3n) is 3.04. The lowest BCUT2D eigenvalue weighted by molar-refractivity contribution is -0.116. The van der Waals surface area contributed by atoms with Gasteiger partial charge in [-0.2, -0.15) is 10.1 Å². The molecule has 0 aliphatic rings. The van der Waals surface area contributed by atoms with Gasteiger partial charge in [-0.05, 0) is 24.1 Å². The van der Waals surface area contributed by atoms with Crippen molar-refractivity contribution < 1.29 is 19.0 Å². The highest BCUT2D eigenvalue weighted by molar-refractivity contribution is 5.88. The number of aromatic nitrogens is 3. The molecule has 0 aliphatic carbocycles. The van der Waals surface area contributed by atoms with Crippen molar-refractivity contribution >= 4 is 11.9 Å². The van der Waals surface area contributed by atoms with Gasteiger partial charge in [0.15, 0.2) is 11.5 Å². The number of ether oxygens (including phenoxy) is 3. The van der Waals surface area contributed by atoms with Crippen LogP contribution in [0, 0.1) is 0 Å². The van der Waals surface area contributed by atoms with Gasteiger partial charge in [-0.15, -0.1) is 0 Å². The van der Waals surface area contributed by atoms with Crippen molar-refractivity contribution in [2.24, 2.45) is 0 Å². The van der Waals surface area contributed by atoms with Gasteiger partial charge in [-0.1, -0.05) is 0 Å². The SMILES string of the molecule is COc1cc(CCC(=O)Nc2ncn[nH]2)cc(OC)c1OC. The molecule has 8 nitrogen and oxygen atoms in total. The van der Waals surface area contributed by atoms with Crippen molar-refractivity contribution in [3.05, 3.63) is 24.0 Å². The van der Waals surface area contributed by atoms with Gasteiger partial charge in [-0.25, -0.2) is 5.10 Å². The van der Waals surface area contributed by atoms with Crippen LogP contribution in [-0.4, -0.2) is 42.4 Å². The molecule has 0 atom stereocenters. The molecule has 0 aliphatic heterocycles. The summed E-state index contributed by atoms with van der Waals surface area (Å²) in [5.74, 6) is 1.82. The summed E-state index contributed by atoms with van der Waals surface area (Å²) in [4.78, 5) is 15.7. The minimum atomic E-state index is -0.162. The first-order valence-corrected chi connectivity index (χ1v) is 6.62. The van der Waals surface area contributed by atoms with E-state index in [0.717, 1.165) is 5.56 Å². The van der Waals surface area contributed by atoms with E-state index in [4.69, 9.17) is 14.2 Å². The molecule has 2 N–H and O–H groups in total. The standard InChI is InChI=1S/C14H18N4O4/c1-20-10-6-9(7-11(21-2)13(10)22-3)4-5-12(19)17-14-15-8-16-18-14/h6-8H,4-5H2,1-3H3,(H2,15,16,17,18,19). The van der Waals surface area contributed by atoms with E-state index >= 15 is 0 Å². The number of hydrogen-bond acceptors (Lipinski definition) is 6. The van der Waals surface area contributed by atoms with Crippen LogP contribution in [0.1, 0.15) is 12.0 Å². The lowest BCUT2D eigenvalue weighted by Gasteiger charge is -2.14. The summed E-state index contributed by atoms with van der Waals surface area (Å²) in [6.45, 7) is 0. The van der Waals surface area contributed by atoms with Gasteiger partial charge in [0, 0.05) is 6.42 Å². The normalized spacial score (nSPS) is 10.1. The maximum absolute atomic E-state index is 11.8. The van der Waals surface area contributed by atoms with Crippen LogP contribution in [-0.2, 0) is 11.2 Å². The van der Waals surface area contributed by atoms with Gasteiger partial charge in [-0.3, -0.25) is 10.1 Å². The fourth-order valence-corrected chi connectivity index (χ4v) is 2.00. The molecule has 0 unspecified atom stereocenters. The van der Waals surface area contributed by atoms with Gasteiger partial charge in [0.2, 0.25) is 17.6 Å². The van der Waals surface area contributed by atoms with Gasteiger partial charge >= 0.3 is 0 Å². The Kier molecular flexibility index (Phi) is 5.18. The lowest BCUT2D eigenvalue weighted by atomic mass is 10.1. The fourth-order valence-electron chi connectivity index (χ4n) is 2.00. The van der Waals surface area contributed by atoms with E-state index in [9.17, 15) is 4.79 Å². The topological polar surface area (TPSA) is 98.4 Å². The van der Waals surface area contributed by atoms with E-state index < -0.39 is 0 Å². The number of methoxy groups -OCH3 is 3. The molecular weight excluding hydrogens is 288 g/mol. The van der Waals surface area contributed by atoms with Crippen molar-refractivity contribution in [2.75, 3.05) is 26.6 Å². The van der Waals surface area contributed by atoms with Crippen molar-refractivity contribution in [1.29, 1.82) is 0 Å². The molecule has 1 aromatic carbocycles. The monoisotopic (exact) mass is 306 g/mol. The number of aryl methyl sites for hydroxylation is 1. The third-order valence-corrected chi connectivity index (χ3v) is 3.04. The average molecular weight is 306 g/mol. The number of nitrogens with one attached hydrogen (secondary N) is 2. The molecule has 0 saturated carbocycles. The van der Waals surface area contributed by atoms with Gasteiger partial charge in [0.1, 0.15) is 6.33 Å². The molecule has 2 aromatic rings. The molecule has 1 aromatic heterocycles. The van der Waals surface area contributed by atoms with Crippen LogP contribution >= 0.6 is 0 Å². The Morgan fingerprint density at radius 2 is 1.86 bits per heavy atom. The largest absolute Gasteiger partial charge is 0.493 e. The van der Waals surface area contributed by atoms with E-state index in [1.807, 2.05) is 12.1 Å². The Bertz CT molecular complexity index is 603. The second kappa shape index (κ2) is 7.30. The Labute approximate surface area is 127 Å². The summed E-state index contributed by atoms with van der Waals surface area (Å²) in [6, 6.07) is 3.65. The Morgan fingerprint density at radius 3 is 2.36 bits per heavy atom. The number of carbonyl (C=O) groups excluding carboxylic acids is 1. The van der Waals surface area contributed by atoms with Gasteiger partial charge in [0.25, 0.3) is 0 Å². The Hall–Kier alpha value is -2.77. The Balaban J connectivity index is 2.04. The molecule has 118 valence electrons. The number of rotatable bonds is 7. The molecule has 22 heavy (non-hydrogen) atoms. The molecule has 1 heterocycles. The van der Waals surface area contributed by atoms with Crippen LogP contribution in [0.4, 0.5) is 5.95 Å². The number of benzene rings is 1. The summed E-state index contributed by atoms with van der Waals surface area (Å²) >= 11 is 0. The van der Waals surface area contributed by atoms with Crippen LogP contribution in [0.5, 0.6) is 17.2 Å². The first kappa shape index (κ1) is 15.6. The zero-order valence-corrected chi connectivity index (χ0v) is 12.7. The number of anilines is 1. The number of hydrogen-bond donors (Lipinski definition) is 2. The van der Waals surface area contributed by atoms with Crippen LogP contribution in [0.2, 0.25) is 0 Å². The summed E-state index contributed by atoms with van der Waals surface area (Å²) in [6.07, 6.45) is 2.14. The second-order valence-electron chi connectivity index (χ2n) is 4.42. The summed E-state index contributed by atoms with van der Waals surface area (Å²) in [7, 11) is 4.65. The second-order valence-corrected chi connectivity index (χ2v) is 4.42. The molecule has 0 radical (unpaired) electrons. The lowest BCUT2D eigenvalue weighted by Crippen LogP contribution is -2.13. The van der Waals surface area contributed by atoms with Gasteiger partial charge < -0.3 is 14.2 Å². The highest BCUT2D eigenvalue weighted by atomic mass is 16.5. The van der Waals surface area contributed by atoms with Gasteiger partial charge in [0.05, 0.1) is 21.3 Å². The Morgan fingerprint density at radius 1 is 1.18 bits per heavy atom. The predicted molar refractivity (Wildman–Crippen MR) is 79.4 cm³/mol. The first-order chi connectivity index (χ1) is 10.7. The first-order valence-electron chi connectivity index (χ1n) is 6.62. The number of nitrogens with zero attached hydrogens (tertiary/aromatic N) is 2. The minimum Gasteiger partial charge on any atom is -0.493 e. The summed E-state index contributed by atoms with van der Waals surface area (Å²) in [5.41, 5.74) is 0.905. The maximum atomic E-state index is 11.8. The van der Waals surface area contributed by atoms with Crippen molar-refractivity contribution in [1.82, 2.24) is 15.2 Å². The molecule has 1 amide bonds. The smallest absolute Gasteiger partial charge is 0.227 e. The minimum absolute atomic E-state index is 0.162. The zero-order chi connectivity index (χ0) is 15.9. The van der Waals surface area contributed by atoms with Crippen LogP contribution < -0.4 is 19.5 Å². The van der Waals surface area contributed by atoms with E-state index in [1.165, 1.54) is 6.33 Å². The average Bonchev–Trinajstić information content (AvgIpc) is 3.04. The molecule has 0 spiro atoms. The van der Waals surface area contributed by atoms with E-state index in [2.05, 4.69) is 20.5 Å². The number of carbonyl (C=O) groups is 1. The van der Waals surface area contributed by atoms with E-state index in [0.29, 0.717) is 36.0 Å². The van der Waals surface area contributed by atoms with Crippen molar-refractivity contribution in [3.8, 4) is 17.2 Å². The summed E-state index contributed by atoms with van der Waals surface area (Å²) < 4.78 is 15.8. The quantitative estimate of drug-likeness (QED) is 0.802. The molecular formula is C14H18N4O4. The fraction of sp³-hybridized carbons (Fsp3) is 0.357. The zero-order valence-electron chi connectivity index (χ0n) is 12.7. The van der Waals surface area contributed by atoms with Crippen LogP contribution in [0.25, 0.3) is 0 Å². The number of amides is 1. The van der Waals surface area contributed by atoms with E-state index in [1.54, 1.807) is 21.3 Å². The third kappa shape index (κ3) is 3.66. The molecule has 2 rings (SSSR count). The van der Waals surface area contributed by atoms with Crippen molar-refractivity contribution in [3.63, 3.8) is 0 Å². The van der Waals surface area contributed by atoms with E-state index in [-0.39, 0.29) is 5.91 Å². The predicted octanol–water partition coefficient (Wildman–Crippen LogP) is 1.40. The van der Waals surface area contributed by atoms with Crippen LogP contribution in [0.3, 0.4) is 0 Å². The maximum Gasteiger partial charge on any atom is 0.227 e. The van der Waals surface area contributed by atoms with Crippen LogP contribution in [0.15, 0.2) is 18.5 Å².